The number of unbranched alkanes of at least 4 members (excludes halogenated alkanes) is 1. The summed E-state index contributed by atoms with van der Waals surface area (Å²) in [4.78, 5) is 11.9. The maximum atomic E-state index is 10.3. The van der Waals surface area contributed by atoms with Gasteiger partial charge in [0.1, 0.15) is 30.8 Å². The highest BCUT2D eigenvalue weighted by molar-refractivity contribution is 5.68. The van der Waals surface area contributed by atoms with Crippen LogP contribution in [0.2, 0.25) is 0 Å². The maximum Gasteiger partial charge on any atom is 0.166 e. The van der Waals surface area contributed by atoms with E-state index in [1.807, 2.05) is 0 Å². The quantitative estimate of drug-likeness (QED) is 0.756. The highest BCUT2D eigenvalue weighted by Crippen LogP contribution is 2.35. The molecular weight excluding hydrogens is 282 g/mol. The van der Waals surface area contributed by atoms with Crippen LogP contribution in [0.5, 0.6) is 11.5 Å². The van der Waals surface area contributed by atoms with Crippen molar-refractivity contribution in [2.24, 2.45) is 0 Å². The van der Waals surface area contributed by atoms with Crippen LogP contribution >= 0.6 is 0 Å². The molecule has 22 heavy (non-hydrogen) atoms. The summed E-state index contributed by atoms with van der Waals surface area (Å²) in [5, 5.41) is 10.3. The molecule has 6 nitrogen and oxygen atoms in total. The second kappa shape index (κ2) is 8.29. The Labute approximate surface area is 130 Å². The average Bonchev–Trinajstić information content (AvgIpc) is 2.55. The lowest BCUT2D eigenvalue weighted by Crippen LogP contribution is -2.08. The minimum Gasteiger partial charge on any atom is -0.507 e. The van der Waals surface area contributed by atoms with Gasteiger partial charge in [-0.2, -0.15) is 0 Å². The molecule has 0 aliphatic rings. The summed E-state index contributed by atoms with van der Waals surface area (Å²) < 4.78 is 11.1. The first-order valence-corrected chi connectivity index (χ1v) is 7.39. The zero-order valence-electron chi connectivity index (χ0n) is 13.0. The molecule has 0 atom stereocenters. The van der Waals surface area contributed by atoms with Crippen LogP contribution in [0, 0.1) is 6.92 Å². The zero-order valence-corrected chi connectivity index (χ0v) is 13.0. The van der Waals surface area contributed by atoms with Crippen LogP contribution in [0.1, 0.15) is 25.3 Å². The molecule has 1 aromatic carbocycles. The Balaban J connectivity index is 1.98. The Kier molecular flexibility index (Phi) is 6.09. The third-order valence-corrected chi connectivity index (χ3v) is 3.24. The average molecular weight is 303 g/mol. The maximum absolute atomic E-state index is 10.3. The Morgan fingerprint density at radius 3 is 2.59 bits per heavy atom. The summed E-state index contributed by atoms with van der Waals surface area (Å²) in [5.74, 6) is 1.19. The van der Waals surface area contributed by atoms with E-state index < -0.39 is 0 Å². The fraction of sp³-hybridized carbons (Fsp3) is 0.438. The molecule has 0 saturated heterocycles. The molecule has 1 N–H and O–H groups in total. The van der Waals surface area contributed by atoms with Crippen molar-refractivity contribution >= 4 is 0 Å². The summed E-state index contributed by atoms with van der Waals surface area (Å²) in [6.07, 6.45) is 4.97. The molecular formula is C16H21N3O3. The molecule has 6 heteroatoms. The molecule has 0 fully saturated rings. The zero-order chi connectivity index (χ0) is 15.8. The van der Waals surface area contributed by atoms with Crippen molar-refractivity contribution in [2.75, 3.05) is 19.8 Å². The normalized spacial score (nSPS) is 10.6. The molecule has 118 valence electrons. The fourth-order valence-corrected chi connectivity index (χ4v) is 1.96. The van der Waals surface area contributed by atoms with Crippen LogP contribution in [-0.2, 0) is 4.74 Å². The summed E-state index contributed by atoms with van der Waals surface area (Å²) in [6.45, 7) is 5.67. The number of aromatic hydroxyl groups is 1. The number of benzene rings is 1. The Morgan fingerprint density at radius 1 is 1.09 bits per heavy atom. The number of nitrogens with zero attached hydrogens (tertiary/aromatic N) is 3. The van der Waals surface area contributed by atoms with Crippen LogP contribution < -0.4 is 4.74 Å². The van der Waals surface area contributed by atoms with Crippen molar-refractivity contribution in [3.63, 3.8) is 0 Å². The first-order valence-electron chi connectivity index (χ1n) is 7.39. The van der Waals surface area contributed by atoms with Gasteiger partial charge < -0.3 is 14.6 Å². The molecule has 0 spiro atoms. The van der Waals surface area contributed by atoms with Gasteiger partial charge in [-0.05, 0) is 25.5 Å². The Bertz CT molecular complexity index is 591. The van der Waals surface area contributed by atoms with Gasteiger partial charge in [0.15, 0.2) is 5.82 Å². The lowest BCUT2D eigenvalue weighted by atomic mass is 10.1. The van der Waals surface area contributed by atoms with Gasteiger partial charge in [0.25, 0.3) is 0 Å². The minimum absolute atomic E-state index is 0.121. The molecule has 1 heterocycles. The lowest BCUT2D eigenvalue weighted by Gasteiger charge is -2.12. The number of hydrogen-bond acceptors (Lipinski definition) is 6. The molecule has 0 amide bonds. The molecule has 0 saturated carbocycles. The van der Waals surface area contributed by atoms with Crippen LogP contribution in [0.15, 0.2) is 24.8 Å². The van der Waals surface area contributed by atoms with Crippen molar-refractivity contribution in [1.29, 1.82) is 0 Å². The number of phenolic OH excluding ortho intramolecular Hbond substituents is 1. The van der Waals surface area contributed by atoms with Crippen molar-refractivity contribution in [3.05, 3.63) is 30.4 Å². The summed E-state index contributed by atoms with van der Waals surface area (Å²) in [7, 11) is 0. The first-order chi connectivity index (χ1) is 10.7. The molecule has 2 rings (SSSR count). The number of rotatable bonds is 8. The summed E-state index contributed by atoms with van der Waals surface area (Å²) in [5.41, 5.74) is 1.22. The third-order valence-electron chi connectivity index (χ3n) is 3.24. The largest absolute Gasteiger partial charge is 0.507 e. The van der Waals surface area contributed by atoms with Crippen LogP contribution in [0.4, 0.5) is 0 Å². The number of phenols is 1. The van der Waals surface area contributed by atoms with Crippen molar-refractivity contribution in [3.8, 4) is 22.9 Å². The van der Waals surface area contributed by atoms with E-state index in [1.165, 1.54) is 12.7 Å². The van der Waals surface area contributed by atoms with Gasteiger partial charge in [0, 0.05) is 12.2 Å². The van der Waals surface area contributed by atoms with Gasteiger partial charge in [-0.25, -0.2) is 15.0 Å². The van der Waals surface area contributed by atoms with Gasteiger partial charge in [-0.3, -0.25) is 0 Å². The van der Waals surface area contributed by atoms with Crippen molar-refractivity contribution in [2.45, 2.75) is 26.7 Å². The van der Waals surface area contributed by atoms with E-state index in [0.29, 0.717) is 35.9 Å². The molecule has 2 aromatic rings. The van der Waals surface area contributed by atoms with Crippen LogP contribution in [0.3, 0.4) is 0 Å². The van der Waals surface area contributed by atoms with E-state index in [4.69, 9.17) is 9.47 Å². The first kappa shape index (κ1) is 16.2. The van der Waals surface area contributed by atoms with E-state index in [1.54, 1.807) is 19.1 Å². The number of ether oxygens (including phenoxy) is 2. The van der Waals surface area contributed by atoms with Gasteiger partial charge in [-0.1, -0.05) is 13.3 Å². The van der Waals surface area contributed by atoms with Crippen LogP contribution in [-0.4, -0.2) is 39.9 Å². The summed E-state index contributed by atoms with van der Waals surface area (Å²) >= 11 is 0. The fourth-order valence-electron chi connectivity index (χ4n) is 1.96. The van der Waals surface area contributed by atoms with Gasteiger partial charge in [-0.15, -0.1) is 0 Å². The molecule has 1 aromatic heterocycles. The second-order valence-corrected chi connectivity index (χ2v) is 4.86. The van der Waals surface area contributed by atoms with Crippen molar-refractivity contribution in [1.82, 2.24) is 15.0 Å². The highest BCUT2D eigenvalue weighted by atomic mass is 16.5. The second-order valence-electron chi connectivity index (χ2n) is 4.86. The third kappa shape index (κ3) is 4.14. The molecule has 0 unspecified atom stereocenters. The van der Waals surface area contributed by atoms with E-state index in [2.05, 4.69) is 21.9 Å². The SMILES string of the molecule is CCCCOCCOc1ccc(-c2ncncn2)c(O)c1C. The van der Waals surface area contributed by atoms with E-state index in [0.717, 1.165) is 19.4 Å². The minimum atomic E-state index is 0.121. The highest BCUT2D eigenvalue weighted by Gasteiger charge is 2.13. The monoisotopic (exact) mass is 303 g/mol. The van der Waals surface area contributed by atoms with Gasteiger partial charge in [0.05, 0.1) is 12.2 Å². The molecule has 0 bridgehead atoms. The Hall–Kier alpha value is -2.21. The Morgan fingerprint density at radius 2 is 1.86 bits per heavy atom. The smallest absolute Gasteiger partial charge is 0.166 e. The topological polar surface area (TPSA) is 77.4 Å². The van der Waals surface area contributed by atoms with E-state index in [-0.39, 0.29) is 5.75 Å². The molecule has 0 radical (unpaired) electrons. The van der Waals surface area contributed by atoms with Gasteiger partial charge >= 0.3 is 0 Å². The van der Waals surface area contributed by atoms with Crippen molar-refractivity contribution < 1.29 is 14.6 Å². The number of aromatic nitrogens is 3. The standard InChI is InChI=1S/C16H21N3O3/c1-3-4-7-21-8-9-22-14-6-5-13(15(20)12(14)2)16-18-10-17-11-19-16/h5-6,10-11,20H,3-4,7-9H2,1-2H3. The summed E-state index contributed by atoms with van der Waals surface area (Å²) in [6, 6.07) is 3.55. The van der Waals surface area contributed by atoms with E-state index >= 15 is 0 Å². The molecule has 0 aliphatic heterocycles. The lowest BCUT2D eigenvalue weighted by molar-refractivity contribution is 0.0977. The predicted molar refractivity (Wildman–Crippen MR) is 82.9 cm³/mol. The number of hydrogen-bond donors (Lipinski definition) is 1. The predicted octanol–water partition coefficient (Wildman–Crippen LogP) is 2.75. The molecule has 0 aliphatic carbocycles. The van der Waals surface area contributed by atoms with Gasteiger partial charge in [0.2, 0.25) is 0 Å². The van der Waals surface area contributed by atoms with Crippen LogP contribution in [0.25, 0.3) is 11.4 Å². The van der Waals surface area contributed by atoms with E-state index in [9.17, 15) is 5.11 Å².